The summed E-state index contributed by atoms with van der Waals surface area (Å²) in [6.07, 6.45) is -1.09. The Labute approximate surface area is 108 Å². The zero-order valence-corrected chi connectivity index (χ0v) is 10.6. The minimum Gasteiger partial charge on any atom is -0.478 e. The standard InChI is InChI=1S/C12H13F2NO4/c1-6(11(16)15(2)3)19-10-8(13)4-7(12(17)18)5-9(10)14/h4-6H,1-3H3,(H,17,18). The molecule has 0 aromatic heterocycles. The molecule has 1 unspecified atom stereocenters. The number of carbonyl (C=O) groups excluding carboxylic acids is 1. The number of aromatic carboxylic acids is 1. The molecule has 0 radical (unpaired) electrons. The molecule has 1 amide bonds. The lowest BCUT2D eigenvalue weighted by Crippen LogP contribution is -2.35. The lowest BCUT2D eigenvalue weighted by molar-refractivity contribution is -0.135. The molecule has 0 saturated heterocycles. The second-order valence-corrected chi connectivity index (χ2v) is 4.07. The molecule has 1 rings (SSSR count). The molecule has 19 heavy (non-hydrogen) atoms. The molecule has 0 aliphatic carbocycles. The van der Waals surface area contributed by atoms with Gasteiger partial charge in [-0.3, -0.25) is 4.79 Å². The molecule has 0 bridgehead atoms. The van der Waals surface area contributed by atoms with Crippen LogP contribution in [-0.2, 0) is 4.79 Å². The van der Waals surface area contributed by atoms with Crippen LogP contribution in [0.2, 0.25) is 0 Å². The molecule has 5 nitrogen and oxygen atoms in total. The molecule has 0 saturated carbocycles. The van der Waals surface area contributed by atoms with Crippen LogP contribution in [0.1, 0.15) is 17.3 Å². The van der Waals surface area contributed by atoms with E-state index in [9.17, 15) is 18.4 Å². The van der Waals surface area contributed by atoms with Crippen molar-refractivity contribution in [2.24, 2.45) is 0 Å². The van der Waals surface area contributed by atoms with Gasteiger partial charge in [-0.2, -0.15) is 0 Å². The average Bonchev–Trinajstić information content (AvgIpc) is 2.31. The van der Waals surface area contributed by atoms with Crippen LogP contribution in [0, 0.1) is 11.6 Å². The van der Waals surface area contributed by atoms with E-state index in [4.69, 9.17) is 9.84 Å². The van der Waals surface area contributed by atoms with Crippen LogP contribution >= 0.6 is 0 Å². The van der Waals surface area contributed by atoms with Crippen molar-refractivity contribution in [3.63, 3.8) is 0 Å². The number of carbonyl (C=O) groups is 2. The summed E-state index contributed by atoms with van der Waals surface area (Å²) in [6.45, 7) is 1.34. The van der Waals surface area contributed by atoms with Gasteiger partial charge in [0, 0.05) is 14.1 Å². The summed E-state index contributed by atoms with van der Waals surface area (Å²) in [4.78, 5) is 23.3. The van der Waals surface area contributed by atoms with Gasteiger partial charge in [-0.25, -0.2) is 13.6 Å². The van der Waals surface area contributed by atoms with Gasteiger partial charge in [0.2, 0.25) is 0 Å². The van der Waals surface area contributed by atoms with E-state index < -0.39 is 40.9 Å². The van der Waals surface area contributed by atoms with Gasteiger partial charge >= 0.3 is 5.97 Å². The maximum Gasteiger partial charge on any atom is 0.335 e. The van der Waals surface area contributed by atoms with Gasteiger partial charge in [0.15, 0.2) is 23.5 Å². The Kier molecular flexibility index (Phi) is 4.42. The molecule has 1 atom stereocenters. The maximum absolute atomic E-state index is 13.5. The molecule has 1 aromatic rings. The molecule has 0 aliphatic heterocycles. The maximum atomic E-state index is 13.5. The third-order valence-electron chi connectivity index (χ3n) is 2.33. The largest absolute Gasteiger partial charge is 0.478 e. The fourth-order valence-electron chi connectivity index (χ4n) is 1.39. The summed E-state index contributed by atoms with van der Waals surface area (Å²) in [6, 6.07) is 1.27. The summed E-state index contributed by atoms with van der Waals surface area (Å²) >= 11 is 0. The third kappa shape index (κ3) is 3.40. The topological polar surface area (TPSA) is 66.8 Å². The molecular weight excluding hydrogens is 260 g/mol. The van der Waals surface area contributed by atoms with E-state index in [1.165, 1.54) is 25.9 Å². The fourth-order valence-corrected chi connectivity index (χ4v) is 1.39. The van der Waals surface area contributed by atoms with Gasteiger partial charge in [-0.05, 0) is 19.1 Å². The predicted molar refractivity (Wildman–Crippen MR) is 62.1 cm³/mol. The van der Waals surface area contributed by atoms with Crippen LogP contribution in [0.4, 0.5) is 8.78 Å². The number of hydrogen-bond donors (Lipinski definition) is 1. The molecular formula is C12H13F2NO4. The van der Waals surface area contributed by atoms with Crippen molar-refractivity contribution >= 4 is 11.9 Å². The normalized spacial score (nSPS) is 11.8. The minimum absolute atomic E-state index is 0.471. The van der Waals surface area contributed by atoms with E-state index in [1.807, 2.05) is 0 Å². The Balaban J connectivity index is 3.03. The van der Waals surface area contributed by atoms with Crippen molar-refractivity contribution in [1.29, 1.82) is 0 Å². The van der Waals surface area contributed by atoms with Crippen molar-refractivity contribution in [3.8, 4) is 5.75 Å². The lowest BCUT2D eigenvalue weighted by atomic mass is 10.2. The van der Waals surface area contributed by atoms with Gasteiger partial charge in [-0.15, -0.1) is 0 Å². The molecule has 1 N–H and O–H groups in total. The van der Waals surface area contributed by atoms with E-state index in [1.54, 1.807) is 0 Å². The van der Waals surface area contributed by atoms with E-state index in [2.05, 4.69) is 0 Å². The number of nitrogens with zero attached hydrogens (tertiary/aromatic N) is 1. The van der Waals surface area contributed by atoms with E-state index in [0.717, 1.165) is 0 Å². The van der Waals surface area contributed by atoms with Crippen LogP contribution in [0.3, 0.4) is 0 Å². The summed E-state index contributed by atoms with van der Waals surface area (Å²) in [5.41, 5.74) is -0.533. The number of ether oxygens (including phenoxy) is 1. The quantitative estimate of drug-likeness (QED) is 0.903. The molecule has 1 aromatic carbocycles. The Morgan fingerprint density at radius 3 is 2.11 bits per heavy atom. The van der Waals surface area contributed by atoms with Gasteiger partial charge in [0.25, 0.3) is 5.91 Å². The second kappa shape index (κ2) is 5.64. The molecule has 0 spiro atoms. The van der Waals surface area contributed by atoms with Crippen LogP contribution in [-0.4, -0.2) is 42.1 Å². The predicted octanol–water partition coefficient (Wildman–Crippen LogP) is 1.52. The monoisotopic (exact) mass is 273 g/mol. The zero-order valence-electron chi connectivity index (χ0n) is 10.6. The first kappa shape index (κ1) is 14.9. The third-order valence-corrected chi connectivity index (χ3v) is 2.33. The molecule has 0 heterocycles. The molecule has 0 aliphatic rings. The number of likely N-dealkylation sites (N-methyl/N-ethyl adjacent to an activating group) is 1. The van der Waals surface area contributed by atoms with Crippen molar-refractivity contribution < 1.29 is 28.2 Å². The highest BCUT2D eigenvalue weighted by Crippen LogP contribution is 2.24. The van der Waals surface area contributed by atoms with Crippen LogP contribution in [0.25, 0.3) is 0 Å². The average molecular weight is 273 g/mol. The number of halogens is 2. The number of benzene rings is 1. The van der Waals surface area contributed by atoms with Crippen molar-refractivity contribution in [2.45, 2.75) is 13.0 Å². The van der Waals surface area contributed by atoms with Gasteiger partial charge in [0.05, 0.1) is 5.56 Å². The van der Waals surface area contributed by atoms with Gasteiger partial charge in [0.1, 0.15) is 0 Å². The lowest BCUT2D eigenvalue weighted by Gasteiger charge is -2.19. The zero-order chi connectivity index (χ0) is 14.7. The Bertz CT molecular complexity index is 493. The highest BCUT2D eigenvalue weighted by molar-refractivity contribution is 5.87. The summed E-state index contributed by atoms with van der Waals surface area (Å²) in [5, 5.41) is 8.63. The van der Waals surface area contributed by atoms with Crippen LogP contribution in [0.15, 0.2) is 12.1 Å². The Morgan fingerprint density at radius 1 is 1.26 bits per heavy atom. The molecule has 7 heteroatoms. The van der Waals surface area contributed by atoms with Crippen molar-refractivity contribution in [3.05, 3.63) is 29.3 Å². The van der Waals surface area contributed by atoms with E-state index in [0.29, 0.717) is 12.1 Å². The van der Waals surface area contributed by atoms with Gasteiger partial charge < -0.3 is 14.7 Å². The number of carboxylic acid groups (broad SMARTS) is 1. The van der Waals surface area contributed by atoms with E-state index in [-0.39, 0.29) is 0 Å². The first-order valence-corrected chi connectivity index (χ1v) is 5.34. The van der Waals surface area contributed by atoms with Crippen LogP contribution in [0.5, 0.6) is 5.75 Å². The SMILES string of the molecule is CC(Oc1c(F)cc(C(=O)O)cc1F)C(=O)N(C)C. The highest BCUT2D eigenvalue weighted by Gasteiger charge is 2.22. The number of carboxylic acids is 1. The van der Waals surface area contributed by atoms with E-state index >= 15 is 0 Å². The Morgan fingerprint density at radius 2 is 1.74 bits per heavy atom. The van der Waals surface area contributed by atoms with Crippen molar-refractivity contribution in [1.82, 2.24) is 4.90 Å². The molecule has 104 valence electrons. The smallest absolute Gasteiger partial charge is 0.335 e. The summed E-state index contributed by atoms with van der Waals surface area (Å²) in [7, 11) is 2.95. The fraction of sp³-hybridized carbons (Fsp3) is 0.333. The Hall–Kier alpha value is -2.18. The van der Waals surface area contributed by atoms with Crippen LogP contribution < -0.4 is 4.74 Å². The summed E-state index contributed by atoms with van der Waals surface area (Å²) < 4.78 is 32.0. The number of amides is 1. The second-order valence-electron chi connectivity index (χ2n) is 4.07. The van der Waals surface area contributed by atoms with Gasteiger partial charge in [-0.1, -0.05) is 0 Å². The highest BCUT2D eigenvalue weighted by atomic mass is 19.1. The van der Waals surface area contributed by atoms with Crippen molar-refractivity contribution in [2.75, 3.05) is 14.1 Å². The summed E-state index contributed by atoms with van der Waals surface area (Å²) in [5.74, 6) is -5.04. The number of rotatable bonds is 4. The number of hydrogen-bond acceptors (Lipinski definition) is 3. The minimum atomic E-state index is -1.46. The first-order chi connectivity index (χ1) is 8.73. The molecule has 0 fully saturated rings. The first-order valence-electron chi connectivity index (χ1n) is 5.34.